The summed E-state index contributed by atoms with van der Waals surface area (Å²) in [5.74, 6) is -2.32. The molecule has 3 heterocycles. The number of thiophene rings is 1. The Morgan fingerprint density at radius 3 is 2.78 bits per heavy atom. The third-order valence-electron chi connectivity index (χ3n) is 4.11. The van der Waals surface area contributed by atoms with Gasteiger partial charge in [-0.3, -0.25) is 4.79 Å². The quantitative estimate of drug-likeness (QED) is 0.610. The van der Waals surface area contributed by atoms with Crippen LogP contribution in [-0.2, 0) is 19.1 Å². The Morgan fingerprint density at radius 2 is 2.07 bits per heavy atom. The Morgan fingerprint density at radius 1 is 1.26 bits per heavy atom. The average Bonchev–Trinajstić information content (AvgIpc) is 3.26. The van der Waals surface area contributed by atoms with Gasteiger partial charge in [0.05, 0.1) is 4.88 Å². The number of amides is 1. The van der Waals surface area contributed by atoms with Gasteiger partial charge in [0.1, 0.15) is 5.82 Å². The fourth-order valence-electron chi connectivity index (χ4n) is 2.86. The highest BCUT2D eigenvalue weighted by Gasteiger charge is 2.38. The van der Waals surface area contributed by atoms with E-state index < -0.39 is 17.9 Å². The van der Waals surface area contributed by atoms with Gasteiger partial charge < -0.3 is 9.42 Å². The fraction of sp³-hybridized carbons (Fsp3) is 0.235. The maximum atomic E-state index is 13.3. The molecule has 0 aliphatic carbocycles. The number of alkyl halides is 3. The molecule has 0 radical (unpaired) electrons. The van der Waals surface area contributed by atoms with Crippen molar-refractivity contribution in [1.82, 2.24) is 15.0 Å². The summed E-state index contributed by atoms with van der Waals surface area (Å²) in [5, 5.41) is 3.39. The van der Waals surface area contributed by atoms with Crippen molar-refractivity contribution >= 4 is 17.2 Å². The molecule has 3 aromatic rings. The van der Waals surface area contributed by atoms with Gasteiger partial charge in [-0.25, -0.2) is 4.39 Å². The summed E-state index contributed by atoms with van der Waals surface area (Å²) in [6.45, 7) is 0.716. The summed E-state index contributed by atoms with van der Waals surface area (Å²) < 4.78 is 55.4. The smallest absolute Gasteiger partial charge is 0.334 e. The van der Waals surface area contributed by atoms with Crippen LogP contribution in [0.25, 0.3) is 10.7 Å². The van der Waals surface area contributed by atoms with E-state index in [0.717, 1.165) is 10.4 Å². The van der Waals surface area contributed by atoms with Crippen LogP contribution in [0.3, 0.4) is 0 Å². The zero-order chi connectivity index (χ0) is 19.2. The third kappa shape index (κ3) is 3.44. The number of carbonyl (C=O) groups excluding carboxylic acids is 1. The normalized spacial score (nSPS) is 14.3. The molecule has 0 unspecified atom stereocenters. The van der Waals surface area contributed by atoms with Crippen molar-refractivity contribution in [3.63, 3.8) is 0 Å². The third-order valence-corrected chi connectivity index (χ3v) is 5.35. The largest absolute Gasteiger partial charge is 0.471 e. The molecule has 2 aromatic heterocycles. The van der Waals surface area contributed by atoms with E-state index in [4.69, 9.17) is 0 Å². The van der Waals surface area contributed by atoms with E-state index in [0.29, 0.717) is 17.8 Å². The number of fused-ring (bicyclic) bond motifs is 1. The van der Waals surface area contributed by atoms with Gasteiger partial charge in [-0.05, 0) is 36.2 Å². The van der Waals surface area contributed by atoms with Gasteiger partial charge in [0.15, 0.2) is 0 Å². The Balaban J connectivity index is 1.56. The molecule has 27 heavy (non-hydrogen) atoms. The van der Waals surface area contributed by atoms with Crippen molar-refractivity contribution < 1.29 is 26.9 Å². The number of nitrogens with zero attached hydrogens (tertiary/aromatic N) is 3. The van der Waals surface area contributed by atoms with Gasteiger partial charge in [0.25, 0.3) is 5.91 Å². The minimum atomic E-state index is -4.70. The minimum Gasteiger partial charge on any atom is -0.334 e. The first-order chi connectivity index (χ1) is 12.8. The van der Waals surface area contributed by atoms with E-state index in [1.165, 1.54) is 35.6 Å². The topological polar surface area (TPSA) is 59.2 Å². The summed E-state index contributed by atoms with van der Waals surface area (Å²) in [4.78, 5) is 18.9. The molecule has 0 bridgehead atoms. The summed E-state index contributed by atoms with van der Waals surface area (Å²) in [7, 11) is 0. The molecule has 0 atom stereocenters. The second-order valence-electron chi connectivity index (χ2n) is 5.97. The maximum Gasteiger partial charge on any atom is 0.471 e. The van der Waals surface area contributed by atoms with Gasteiger partial charge in [-0.2, -0.15) is 18.2 Å². The Bertz CT molecular complexity index is 1010. The van der Waals surface area contributed by atoms with E-state index >= 15 is 0 Å². The first-order valence-electron chi connectivity index (χ1n) is 7.89. The van der Waals surface area contributed by atoms with E-state index in [-0.39, 0.29) is 23.8 Å². The van der Waals surface area contributed by atoms with Gasteiger partial charge in [0, 0.05) is 23.5 Å². The van der Waals surface area contributed by atoms with Crippen molar-refractivity contribution in [3.05, 3.63) is 58.0 Å². The number of aromatic nitrogens is 2. The van der Waals surface area contributed by atoms with Crippen molar-refractivity contribution in [2.24, 2.45) is 0 Å². The molecule has 0 fully saturated rings. The molecule has 4 rings (SSSR count). The molecule has 1 aromatic carbocycles. The van der Waals surface area contributed by atoms with Crippen LogP contribution < -0.4 is 0 Å². The van der Waals surface area contributed by atoms with Crippen LogP contribution in [0.2, 0.25) is 0 Å². The molecule has 0 N–H and O–H groups in total. The van der Waals surface area contributed by atoms with E-state index in [2.05, 4.69) is 14.7 Å². The summed E-state index contributed by atoms with van der Waals surface area (Å²) >= 11 is 1.27. The Labute approximate surface area is 154 Å². The molecule has 140 valence electrons. The highest BCUT2D eigenvalue weighted by atomic mass is 32.1. The van der Waals surface area contributed by atoms with Crippen molar-refractivity contribution in [2.45, 2.75) is 19.1 Å². The summed E-state index contributed by atoms with van der Waals surface area (Å²) in [6, 6.07) is 7.11. The summed E-state index contributed by atoms with van der Waals surface area (Å²) in [5.41, 5.74) is 1.06. The second kappa shape index (κ2) is 6.45. The summed E-state index contributed by atoms with van der Waals surface area (Å²) in [6.07, 6.45) is -4.15. The van der Waals surface area contributed by atoms with Crippen LogP contribution in [0.15, 0.2) is 34.9 Å². The number of rotatable bonds is 2. The Hall–Kier alpha value is -2.75. The zero-order valence-corrected chi connectivity index (χ0v) is 14.4. The van der Waals surface area contributed by atoms with Crippen LogP contribution in [0.5, 0.6) is 0 Å². The van der Waals surface area contributed by atoms with Crippen LogP contribution in [0.1, 0.15) is 26.7 Å². The molecule has 10 heteroatoms. The van der Waals surface area contributed by atoms with E-state index in [1.807, 2.05) is 0 Å². The highest BCUT2D eigenvalue weighted by molar-refractivity contribution is 7.15. The lowest BCUT2D eigenvalue weighted by Gasteiger charge is -2.27. The fourth-order valence-corrected chi connectivity index (χ4v) is 3.95. The van der Waals surface area contributed by atoms with Gasteiger partial charge in [-0.15, -0.1) is 11.3 Å². The van der Waals surface area contributed by atoms with Crippen LogP contribution in [0, 0.1) is 5.82 Å². The molecule has 1 aliphatic rings. The van der Waals surface area contributed by atoms with Crippen molar-refractivity contribution in [1.29, 1.82) is 0 Å². The molecular formula is C17H11F4N3O2S. The number of benzene rings is 1. The van der Waals surface area contributed by atoms with Gasteiger partial charge in [-0.1, -0.05) is 11.2 Å². The predicted octanol–water partition coefficient (Wildman–Crippen LogP) is 4.15. The first-order valence-corrected chi connectivity index (χ1v) is 8.70. The lowest BCUT2D eigenvalue weighted by Crippen LogP contribution is -2.35. The van der Waals surface area contributed by atoms with E-state index in [9.17, 15) is 22.4 Å². The molecule has 0 saturated heterocycles. The van der Waals surface area contributed by atoms with Crippen LogP contribution >= 0.6 is 11.3 Å². The number of carbonyl (C=O) groups is 1. The van der Waals surface area contributed by atoms with Gasteiger partial charge in [0.2, 0.25) is 5.82 Å². The highest BCUT2D eigenvalue weighted by Crippen LogP contribution is 2.35. The SMILES string of the molecule is O=C(c1cccc(F)c1)N1CCc2sc(-c3noc(C(F)(F)F)n3)cc2C1. The van der Waals surface area contributed by atoms with Crippen molar-refractivity contribution in [3.8, 4) is 10.7 Å². The Kier molecular flexibility index (Phi) is 4.22. The minimum absolute atomic E-state index is 0.135. The average molecular weight is 397 g/mol. The number of hydrogen-bond donors (Lipinski definition) is 0. The monoisotopic (exact) mass is 397 g/mol. The molecular weight excluding hydrogens is 386 g/mol. The number of hydrogen-bond acceptors (Lipinski definition) is 5. The molecule has 5 nitrogen and oxygen atoms in total. The van der Waals surface area contributed by atoms with Gasteiger partial charge >= 0.3 is 12.1 Å². The first kappa shape index (κ1) is 17.7. The standard InChI is InChI=1S/C17H11F4N3O2S/c18-11-3-1-2-9(6-11)15(25)24-5-4-12-10(8-24)7-13(27-12)14-22-16(26-23-14)17(19,20)21/h1-3,6-7H,4-5,8H2. The number of halogens is 4. The van der Waals surface area contributed by atoms with Crippen LogP contribution in [-0.4, -0.2) is 27.5 Å². The second-order valence-corrected chi connectivity index (χ2v) is 7.10. The molecule has 0 saturated carbocycles. The molecule has 0 spiro atoms. The zero-order valence-electron chi connectivity index (χ0n) is 13.6. The predicted molar refractivity (Wildman–Crippen MR) is 87.5 cm³/mol. The van der Waals surface area contributed by atoms with Crippen LogP contribution in [0.4, 0.5) is 17.6 Å². The maximum absolute atomic E-state index is 13.3. The van der Waals surface area contributed by atoms with E-state index in [1.54, 1.807) is 11.0 Å². The van der Waals surface area contributed by atoms with Crippen molar-refractivity contribution in [2.75, 3.05) is 6.54 Å². The lowest BCUT2D eigenvalue weighted by molar-refractivity contribution is -0.159. The molecule has 1 amide bonds. The molecule has 1 aliphatic heterocycles. The lowest BCUT2D eigenvalue weighted by atomic mass is 10.1.